The molecule has 2 atom stereocenters. The zero-order valence-electron chi connectivity index (χ0n) is 18.0. The molecule has 0 saturated heterocycles. The Morgan fingerprint density at radius 2 is 1.97 bits per heavy atom. The summed E-state index contributed by atoms with van der Waals surface area (Å²) >= 11 is 0. The first-order valence-corrected chi connectivity index (χ1v) is 10.8. The van der Waals surface area contributed by atoms with E-state index in [4.69, 9.17) is 0 Å². The largest absolute Gasteiger partial charge is 0.433 e. The minimum atomic E-state index is -4.52. The first-order valence-electron chi connectivity index (χ1n) is 10.8. The average molecular weight is 445 g/mol. The summed E-state index contributed by atoms with van der Waals surface area (Å²) in [4.78, 5) is 16.5. The number of nitrogens with zero attached hydrogens (tertiary/aromatic N) is 3. The number of anilines is 1. The van der Waals surface area contributed by atoms with E-state index in [1.165, 1.54) is 0 Å². The van der Waals surface area contributed by atoms with Gasteiger partial charge in [-0.2, -0.15) is 18.3 Å². The number of amides is 1. The molecule has 1 aliphatic rings. The van der Waals surface area contributed by atoms with E-state index in [-0.39, 0.29) is 18.0 Å². The lowest BCUT2D eigenvalue weighted by molar-refractivity contribution is -0.140. The molecular weight excluding hydrogens is 419 g/mol. The Bertz CT molecular complexity index is 1120. The van der Waals surface area contributed by atoms with Gasteiger partial charge in [-0.05, 0) is 51.7 Å². The summed E-state index contributed by atoms with van der Waals surface area (Å²) in [6.07, 6.45) is 0.196. The third-order valence-electron chi connectivity index (χ3n) is 6.02. The van der Waals surface area contributed by atoms with E-state index in [1.807, 2.05) is 13.8 Å². The molecule has 1 saturated carbocycles. The maximum Gasteiger partial charge on any atom is 0.433 e. The summed E-state index contributed by atoms with van der Waals surface area (Å²) in [6, 6.07) is 7.76. The molecule has 4 rings (SSSR count). The average Bonchev–Trinajstić information content (AvgIpc) is 3.14. The lowest BCUT2D eigenvalue weighted by Gasteiger charge is -2.31. The maximum absolute atomic E-state index is 13.4. The third kappa shape index (κ3) is 4.56. The van der Waals surface area contributed by atoms with Crippen molar-refractivity contribution < 1.29 is 18.0 Å². The maximum atomic E-state index is 13.4. The van der Waals surface area contributed by atoms with Crippen molar-refractivity contribution in [2.45, 2.75) is 64.3 Å². The van der Waals surface area contributed by atoms with Crippen LogP contribution in [0.15, 0.2) is 36.5 Å². The van der Waals surface area contributed by atoms with Crippen LogP contribution in [-0.4, -0.2) is 32.8 Å². The van der Waals surface area contributed by atoms with E-state index < -0.39 is 11.9 Å². The van der Waals surface area contributed by atoms with Crippen molar-refractivity contribution >= 4 is 22.5 Å². The predicted octanol–water partition coefficient (Wildman–Crippen LogP) is 4.93. The van der Waals surface area contributed by atoms with Crippen molar-refractivity contribution in [3.63, 3.8) is 0 Å². The summed E-state index contributed by atoms with van der Waals surface area (Å²) in [5.41, 5.74) is 1.17. The molecule has 3 aromatic rings. The van der Waals surface area contributed by atoms with Crippen LogP contribution in [-0.2, 0) is 12.7 Å². The number of halogens is 3. The number of hydrogen-bond donors (Lipinski definition) is 2. The first kappa shape index (κ1) is 22.1. The third-order valence-corrected chi connectivity index (χ3v) is 6.02. The Hall–Kier alpha value is -3.10. The topological polar surface area (TPSA) is 71.8 Å². The quantitative estimate of drug-likeness (QED) is 0.584. The van der Waals surface area contributed by atoms with Crippen LogP contribution < -0.4 is 10.6 Å². The molecule has 32 heavy (non-hydrogen) atoms. The van der Waals surface area contributed by atoms with Crippen LogP contribution in [0, 0.1) is 6.92 Å². The van der Waals surface area contributed by atoms with Crippen molar-refractivity contribution in [1.29, 1.82) is 0 Å². The molecular formula is C23H26F3N5O. The van der Waals surface area contributed by atoms with E-state index in [0.717, 1.165) is 31.0 Å². The van der Waals surface area contributed by atoms with Gasteiger partial charge >= 0.3 is 6.18 Å². The van der Waals surface area contributed by atoms with Crippen LogP contribution in [0.5, 0.6) is 0 Å². The molecule has 0 radical (unpaired) electrons. The van der Waals surface area contributed by atoms with Crippen molar-refractivity contribution in [3.8, 4) is 0 Å². The summed E-state index contributed by atoms with van der Waals surface area (Å²) in [6.45, 7) is 4.52. The smallest absolute Gasteiger partial charge is 0.382 e. The SMILES string of the molecule is CCn1ncc(C(=O)N[C@@H]2CCC[C@H](Nc3cc(C(F)(F)F)nc4ccccc34)C2)c1C. The van der Waals surface area contributed by atoms with Gasteiger partial charge in [0, 0.05) is 35.4 Å². The highest BCUT2D eigenvalue weighted by molar-refractivity contribution is 5.95. The zero-order chi connectivity index (χ0) is 22.9. The van der Waals surface area contributed by atoms with E-state index in [9.17, 15) is 18.0 Å². The molecule has 0 unspecified atom stereocenters. The normalized spacial score (nSPS) is 19.2. The molecule has 1 amide bonds. The van der Waals surface area contributed by atoms with Crippen LogP contribution in [0.3, 0.4) is 0 Å². The van der Waals surface area contributed by atoms with Crippen molar-refractivity contribution in [2.24, 2.45) is 0 Å². The van der Waals surface area contributed by atoms with Gasteiger partial charge in [0.2, 0.25) is 0 Å². The Kier molecular flexibility index (Phi) is 6.08. The molecule has 2 aromatic heterocycles. The standard InChI is InChI=1S/C23H26F3N5O/c1-3-31-14(2)18(13-27-31)22(32)29-16-8-6-7-15(11-16)28-20-12-21(23(24,25)26)30-19-10-5-4-9-17(19)20/h4-5,9-10,12-13,15-16H,3,6-8,11H2,1-2H3,(H,28,30)(H,29,32)/t15-,16+/m0/s1. The lowest BCUT2D eigenvalue weighted by Crippen LogP contribution is -2.42. The highest BCUT2D eigenvalue weighted by atomic mass is 19.4. The molecule has 9 heteroatoms. The van der Waals surface area contributed by atoms with Gasteiger partial charge in [0.1, 0.15) is 5.69 Å². The van der Waals surface area contributed by atoms with Gasteiger partial charge in [0.05, 0.1) is 17.3 Å². The fraction of sp³-hybridized carbons (Fsp3) is 0.435. The van der Waals surface area contributed by atoms with E-state index in [0.29, 0.717) is 35.1 Å². The second-order valence-electron chi connectivity index (χ2n) is 8.21. The van der Waals surface area contributed by atoms with Crippen LogP contribution >= 0.6 is 0 Å². The summed E-state index contributed by atoms with van der Waals surface area (Å²) in [5, 5.41) is 11.2. The van der Waals surface area contributed by atoms with Crippen LogP contribution in [0.2, 0.25) is 0 Å². The number of pyridine rings is 1. The summed E-state index contributed by atoms with van der Waals surface area (Å²) in [5.74, 6) is -0.165. The van der Waals surface area contributed by atoms with Gasteiger partial charge in [-0.3, -0.25) is 9.48 Å². The second-order valence-corrected chi connectivity index (χ2v) is 8.21. The van der Waals surface area contributed by atoms with Crippen LogP contribution in [0.25, 0.3) is 10.9 Å². The molecule has 2 N–H and O–H groups in total. The number of carbonyl (C=O) groups excluding carboxylic acids is 1. The van der Waals surface area contributed by atoms with E-state index >= 15 is 0 Å². The first-order chi connectivity index (χ1) is 15.3. The van der Waals surface area contributed by atoms with Crippen LogP contribution in [0.1, 0.15) is 54.4 Å². The number of aryl methyl sites for hydroxylation is 1. The zero-order valence-corrected chi connectivity index (χ0v) is 18.0. The number of fused-ring (bicyclic) bond motifs is 1. The predicted molar refractivity (Wildman–Crippen MR) is 117 cm³/mol. The minimum Gasteiger partial charge on any atom is -0.382 e. The molecule has 0 aliphatic heterocycles. The van der Waals surface area contributed by atoms with E-state index in [2.05, 4.69) is 20.7 Å². The Labute approximate surface area is 184 Å². The Morgan fingerprint density at radius 3 is 2.69 bits per heavy atom. The molecule has 2 heterocycles. The fourth-order valence-electron chi connectivity index (χ4n) is 4.36. The highest BCUT2D eigenvalue weighted by Crippen LogP contribution is 2.34. The van der Waals surface area contributed by atoms with Crippen LogP contribution in [0.4, 0.5) is 18.9 Å². The molecule has 6 nitrogen and oxygen atoms in total. The monoisotopic (exact) mass is 445 g/mol. The van der Waals surface area contributed by atoms with Crippen molar-refractivity contribution in [2.75, 3.05) is 5.32 Å². The van der Waals surface area contributed by atoms with Crippen molar-refractivity contribution in [1.82, 2.24) is 20.1 Å². The number of para-hydroxylation sites is 1. The minimum absolute atomic E-state index is 0.0552. The summed E-state index contributed by atoms with van der Waals surface area (Å²) in [7, 11) is 0. The number of alkyl halides is 3. The van der Waals surface area contributed by atoms with Gasteiger partial charge in [0.25, 0.3) is 5.91 Å². The highest BCUT2D eigenvalue weighted by Gasteiger charge is 2.34. The van der Waals surface area contributed by atoms with E-state index in [1.54, 1.807) is 35.1 Å². The number of carbonyl (C=O) groups is 1. The summed E-state index contributed by atoms with van der Waals surface area (Å²) < 4.78 is 41.8. The second kappa shape index (κ2) is 8.80. The van der Waals surface area contributed by atoms with Gasteiger partial charge < -0.3 is 10.6 Å². The van der Waals surface area contributed by atoms with Gasteiger partial charge in [-0.1, -0.05) is 18.2 Å². The van der Waals surface area contributed by atoms with Gasteiger partial charge in [0.15, 0.2) is 0 Å². The van der Waals surface area contributed by atoms with Gasteiger partial charge in [-0.15, -0.1) is 0 Å². The number of aromatic nitrogens is 3. The number of hydrogen-bond acceptors (Lipinski definition) is 4. The molecule has 1 aliphatic carbocycles. The Morgan fingerprint density at radius 1 is 1.22 bits per heavy atom. The molecule has 1 aromatic carbocycles. The van der Waals surface area contributed by atoms with Crippen molar-refractivity contribution in [3.05, 3.63) is 53.5 Å². The fourth-order valence-corrected chi connectivity index (χ4v) is 4.36. The van der Waals surface area contributed by atoms with Gasteiger partial charge in [-0.25, -0.2) is 4.98 Å². The Balaban J connectivity index is 1.50. The molecule has 170 valence electrons. The number of rotatable bonds is 5. The molecule has 1 fully saturated rings. The molecule has 0 spiro atoms. The number of nitrogens with one attached hydrogen (secondary N) is 2. The lowest BCUT2D eigenvalue weighted by atomic mass is 9.90. The number of benzene rings is 1. The molecule has 0 bridgehead atoms.